The zero-order chi connectivity index (χ0) is 32.5. The van der Waals surface area contributed by atoms with Crippen LogP contribution in [0.3, 0.4) is 0 Å². The molecular formula is C37H60O7. The van der Waals surface area contributed by atoms with Gasteiger partial charge in [-0.2, -0.15) is 0 Å². The fraction of sp³-hybridized carbons (Fsp3) is 0.622. The van der Waals surface area contributed by atoms with Crippen LogP contribution in [0, 0.1) is 0 Å². The smallest absolute Gasteiger partial charge is 0.306 e. The Labute approximate surface area is 267 Å². The molecule has 0 fully saturated rings. The summed E-state index contributed by atoms with van der Waals surface area (Å²) in [7, 11) is 0. The van der Waals surface area contributed by atoms with E-state index in [1.54, 1.807) is 30.4 Å². The fourth-order valence-corrected chi connectivity index (χ4v) is 4.11. The van der Waals surface area contributed by atoms with Gasteiger partial charge >= 0.3 is 11.9 Å². The first-order chi connectivity index (χ1) is 21.4. The number of esters is 2. The van der Waals surface area contributed by atoms with Crippen LogP contribution in [-0.2, 0) is 19.1 Å². The summed E-state index contributed by atoms with van der Waals surface area (Å²) in [5.41, 5.74) is 0. The SMILES string of the molecule is CC/C=C\C[C@H](O)/C=C/C=C\C=C\[C@H](O)C/C=C\C/C=C\CCC(=O)O[C@@H](CO)COC(=O)CCCCCCCCCCC. The standard InChI is InChI=1S/C37H60O7/c1-3-5-7-8-9-10-11-15-23-29-36(41)43-32-35(31-38)44-37(42)30-24-16-13-12-14-20-26-34(40)28-22-18-17-21-27-33(39)25-19-6-4-2/h6,13-14,16-22,27-28,33-35,38-40H,3-5,7-12,15,23-26,29-32H2,1-2H3/b16-13-,18-17-,19-6-,20-14-,27-21+,28-22+/t33-,34+,35-/m0/s1. The molecule has 0 amide bonds. The zero-order valence-corrected chi connectivity index (χ0v) is 27.4. The van der Waals surface area contributed by atoms with Gasteiger partial charge in [0, 0.05) is 12.8 Å². The monoisotopic (exact) mass is 616 g/mol. The molecule has 3 N–H and O–H groups in total. The first-order valence-electron chi connectivity index (χ1n) is 16.7. The molecule has 0 heterocycles. The molecule has 250 valence electrons. The van der Waals surface area contributed by atoms with Crippen molar-refractivity contribution in [3.05, 3.63) is 72.9 Å². The third-order valence-corrected chi connectivity index (χ3v) is 6.69. The van der Waals surface area contributed by atoms with E-state index in [4.69, 9.17) is 9.47 Å². The molecule has 0 spiro atoms. The number of ether oxygens (including phenoxy) is 2. The van der Waals surface area contributed by atoms with Crippen LogP contribution in [0.25, 0.3) is 0 Å². The fourth-order valence-electron chi connectivity index (χ4n) is 4.11. The highest BCUT2D eigenvalue weighted by Crippen LogP contribution is 2.11. The summed E-state index contributed by atoms with van der Waals surface area (Å²) >= 11 is 0. The highest BCUT2D eigenvalue weighted by Gasteiger charge is 2.15. The molecule has 0 aliphatic rings. The van der Waals surface area contributed by atoms with Crippen molar-refractivity contribution < 1.29 is 34.4 Å². The second-order valence-corrected chi connectivity index (χ2v) is 10.9. The molecule has 3 atom stereocenters. The first kappa shape index (κ1) is 41.3. The third kappa shape index (κ3) is 29.3. The van der Waals surface area contributed by atoms with E-state index in [2.05, 4.69) is 13.8 Å². The van der Waals surface area contributed by atoms with E-state index in [0.29, 0.717) is 32.1 Å². The van der Waals surface area contributed by atoms with Gasteiger partial charge in [0.1, 0.15) is 6.61 Å². The summed E-state index contributed by atoms with van der Waals surface area (Å²) in [5.74, 6) is -0.770. The average molecular weight is 617 g/mol. The number of hydrogen-bond donors (Lipinski definition) is 3. The predicted octanol–water partition coefficient (Wildman–Crippen LogP) is 7.77. The van der Waals surface area contributed by atoms with E-state index >= 15 is 0 Å². The minimum Gasteiger partial charge on any atom is -0.462 e. The molecule has 0 aromatic carbocycles. The lowest BCUT2D eigenvalue weighted by molar-refractivity contribution is -0.161. The Morgan fingerprint density at radius 1 is 0.659 bits per heavy atom. The van der Waals surface area contributed by atoms with Crippen LogP contribution in [-0.4, -0.2) is 58.8 Å². The van der Waals surface area contributed by atoms with Gasteiger partial charge in [-0.1, -0.05) is 138 Å². The molecule has 0 saturated carbocycles. The Hall–Kier alpha value is -2.74. The Bertz CT molecular complexity index is 869. The van der Waals surface area contributed by atoms with Gasteiger partial charge in [-0.3, -0.25) is 9.59 Å². The molecule has 7 nitrogen and oxygen atoms in total. The molecule has 0 aliphatic carbocycles. The van der Waals surface area contributed by atoms with E-state index in [0.717, 1.165) is 25.7 Å². The van der Waals surface area contributed by atoms with Gasteiger partial charge in [-0.05, 0) is 38.5 Å². The van der Waals surface area contributed by atoms with Gasteiger partial charge in [-0.25, -0.2) is 0 Å². The van der Waals surface area contributed by atoms with E-state index in [1.165, 1.54) is 38.5 Å². The first-order valence-corrected chi connectivity index (χ1v) is 16.7. The minimum absolute atomic E-state index is 0.130. The molecular weight excluding hydrogens is 556 g/mol. The molecule has 7 heteroatoms. The molecule has 0 aromatic rings. The van der Waals surface area contributed by atoms with E-state index in [1.807, 2.05) is 42.5 Å². The summed E-state index contributed by atoms with van der Waals surface area (Å²) in [6.07, 6.45) is 34.7. The summed E-state index contributed by atoms with van der Waals surface area (Å²) < 4.78 is 10.4. The minimum atomic E-state index is -0.847. The highest BCUT2D eigenvalue weighted by molar-refractivity contribution is 5.70. The molecule has 0 aliphatic heterocycles. The number of unbranched alkanes of at least 4 members (excludes halogenated alkanes) is 8. The molecule has 0 saturated heterocycles. The Morgan fingerprint density at radius 2 is 1.23 bits per heavy atom. The van der Waals surface area contributed by atoms with Crippen molar-refractivity contribution in [2.24, 2.45) is 0 Å². The van der Waals surface area contributed by atoms with E-state index in [-0.39, 0.29) is 19.0 Å². The van der Waals surface area contributed by atoms with Crippen molar-refractivity contribution in [1.29, 1.82) is 0 Å². The maximum Gasteiger partial charge on any atom is 0.306 e. The van der Waals surface area contributed by atoms with Crippen molar-refractivity contribution in [1.82, 2.24) is 0 Å². The van der Waals surface area contributed by atoms with Crippen molar-refractivity contribution in [2.75, 3.05) is 13.2 Å². The van der Waals surface area contributed by atoms with E-state index < -0.39 is 30.9 Å². The van der Waals surface area contributed by atoms with Gasteiger partial charge in [0.15, 0.2) is 6.10 Å². The van der Waals surface area contributed by atoms with Crippen LogP contribution in [0.15, 0.2) is 72.9 Å². The topological polar surface area (TPSA) is 113 Å². The average Bonchev–Trinajstić information content (AvgIpc) is 3.01. The molecule has 0 rings (SSSR count). The summed E-state index contributed by atoms with van der Waals surface area (Å²) in [4.78, 5) is 24.0. The normalized spacial score (nSPS) is 14.6. The second kappa shape index (κ2) is 31.7. The summed E-state index contributed by atoms with van der Waals surface area (Å²) in [6, 6.07) is 0. The predicted molar refractivity (Wildman–Crippen MR) is 180 cm³/mol. The molecule has 0 aromatic heterocycles. The van der Waals surface area contributed by atoms with Crippen LogP contribution < -0.4 is 0 Å². The van der Waals surface area contributed by atoms with Gasteiger partial charge < -0.3 is 24.8 Å². The Kier molecular flexibility index (Phi) is 29.7. The second-order valence-electron chi connectivity index (χ2n) is 10.9. The third-order valence-electron chi connectivity index (χ3n) is 6.69. The number of carbonyl (C=O) groups excluding carboxylic acids is 2. The number of carbonyl (C=O) groups is 2. The molecule has 44 heavy (non-hydrogen) atoms. The lowest BCUT2D eigenvalue weighted by atomic mass is 10.1. The summed E-state index contributed by atoms with van der Waals surface area (Å²) in [5, 5.41) is 29.3. The Balaban J connectivity index is 3.94. The van der Waals surface area contributed by atoms with Crippen LogP contribution in [0.2, 0.25) is 0 Å². The van der Waals surface area contributed by atoms with Gasteiger partial charge in [0.2, 0.25) is 0 Å². The van der Waals surface area contributed by atoms with Crippen molar-refractivity contribution in [3.8, 4) is 0 Å². The van der Waals surface area contributed by atoms with Gasteiger partial charge in [-0.15, -0.1) is 0 Å². The van der Waals surface area contributed by atoms with Crippen LogP contribution >= 0.6 is 0 Å². The number of aliphatic hydroxyl groups is 3. The van der Waals surface area contributed by atoms with E-state index in [9.17, 15) is 24.9 Å². The van der Waals surface area contributed by atoms with Crippen LogP contribution in [0.5, 0.6) is 0 Å². The van der Waals surface area contributed by atoms with Crippen molar-refractivity contribution in [3.63, 3.8) is 0 Å². The highest BCUT2D eigenvalue weighted by atomic mass is 16.6. The number of aliphatic hydroxyl groups excluding tert-OH is 3. The molecule has 0 bridgehead atoms. The lowest BCUT2D eigenvalue weighted by Crippen LogP contribution is -2.28. The summed E-state index contributed by atoms with van der Waals surface area (Å²) in [6.45, 7) is 3.74. The number of allylic oxidation sites excluding steroid dienone is 8. The van der Waals surface area contributed by atoms with Crippen molar-refractivity contribution in [2.45, 2.75) is 135 Å². The maximum absolute atomic E-state index is 12.1. The maximum atomic E-state index is 12.1. The number of rotatable bonds is 28. The van der Waals surface area contributed by atoms with Gasteiger partial charge in [0.05, 0.1) is 18.8 Å². The van der Waals surface area contributed by atoms with Gasteiger partial charge in [0.25, 0.3) is 0 Å². The van der Waals surface area contributed by atoms with Crippen LogP contribution in [0.1, 0.15) is 117 Å². The number of hydrogen-bond acceptors (Lipinski definition) is 7. The van der Waals surface area contributed by atoms with Crippen LogP contribution in [0.4, 0.5) is 0 Å². The zero-order valence-electron chi connectivity index (χ0n) is 27.4. The van der Waals surface area contributed by atoms with Crippen molar-refractivity contribution >= 4 is 11.9 Å². The largest absolute Gasteiger partial charge is 0.462 e. The lowest BCUT2D eigenvalue weighted by Gasteiger charge is -2.15. The molecule has 0 radical (unpaired) electrons. The molecule has 0 unspecified atom stereocenters. The quantitative estimate of drug-likeness (QED) is 0.0356. The Morgan fingerprint density at radius 3 is 1.82 bits per heavy atom.